The predicted octanol–water partition coefficient (Wildman–Crippen LogP) is 5.00. The summed E-state index contributed by atoms with van der Waals surface area (Å²) in [4.78, 5) is 24.2. The van der Waals surface area contributed by atoms with Crippen molar-refractivity contribution >= 4 is 23.8 Å². The predicted molar refractivity (Wildman–Crippen MR) is 129 cm³/mol. The summed E-state index contributed by atoms with van der Waals surface area (Å²) >= 11 is 0. The number of nitrogen functional groups attached to an aromatic ring is 1. The maximum atomic E-state index is 12.2. The third kappa shape index (κ3) is 4.90. The van der Waals surface area contributed by atoms with Gasteiger partial charge in [0.15, 0.2) is 0 Å². The highest BCUT2D eigenvalue weighted by molar-refractivity contribution is 5.94. The van der Waals surface area contributed by atoms with Crippen molar-refractivity contribution in [1.29, 1.82) is 0 Å². The minimum Gasteiger partial charge on any atom is -0.465 e. The van der Waals surface area contributed by atoms with Crippen LogP contribution in [0.2, 0.25) is 0 Å². The number of alkyl carbamates (subject to hydrolysis) is 1. The summed E-state index contributed by atoms with van der Waals surface area (Å²) in [6.07, 6.45) is 3.81. The first-order valence-electron chi connectivity index (χ1n) is 10.8. The second-order valence-electron chi connectivity index (χ2n) is 7.78. The Bertz CT molecular complexity index is 1160. The quantitative estimate of drug-likeness (QED) is 0.305. The van der Waals surface area contributed by atoms with Crippen molar-refractivity contribution in [2.75, 3.05) is 26.0 Å². The van der Waals surface area contributed by atoms with Crippen LogP contribution >= 0.6 is 0 Å². The normalized spacial score (nSPS) is 12.3. The van der Waals surface area contributed by atoms with Crippen molar-refractivity contribution in [1.82, 2.24) is 5.32 Å². The maximum absolute atomic E-state index is 12.2. The molecule has 0 spiro atoms. The molecule has 0 unspecified atom stereocenters. The number of carbonyl (C=O) groups excluding carboxylic acids is 2. The van der Waals surface area contributed by atoms with Crippen molar-refractivity contribution in [2.24, 2.45) is 0 Å². The number of esters is 1. The molecule has 1 aliphatic rings. The van der Waals surface area contributed by atoms with Gasteiger partial charge in [0.1, 0.15) is 6.61 Å². The molecule has 0 bridgehead atoms. The molecule has 0 atom stereocenters. The number of hydrogen-bond acceptors (Lipinski definition) is 5. The molecule has 0 saturated carbocycles. The minimum absolute atomic E-state index is 0.0327. The van der Waals surface area contributed by atoms with E-state index in [1.165, 1.54) is 29.4 Å². The third-order valence-electron chi connectivity index (χ3n) is 5.70. The van der Waals surface area contributed by atoms with E-state index >= 15 is 0 Å². The number of benzene rings is 3. The van der Waals surface area contributed by atoms with Gasteiger partial charge in [0, 0.05) is 18.2 Å². The highest BCUT2D eigenvalue weighted by Gasteiger charge is 2.28. The topological polar surface area (TPSA) is 90.6 Å². The highest BCUT2D eigenvalue weighted by Crippen LogP contribution is 2.44. The van der Waals surface area contributed by atoms with Gasteiger partial charge >= 0.3 is 12.1 Å². The fraction of sp³-hybridized carbons (Fsp3) is 0.185. The second kappa shape index (κ2) is 10.0. The van der Waals surface area contributed by atoms with Crippen LogP contribution < -0.4 is 11.1 Å². The van der Waals surface area contributed by atoms with Crippen molar-refractivity contribution in [3.63, 3.8) is 0 Å². The molecule has 0 aliphatic heterocycles. The van der Waals surface area contributed by atoms with E-state index in [0.717, 1.165) is 0 Å². The Labute approximate surface area is 193 Å². The molecule has 0 radical (unpaired) electrons. The molecule has 6 heteroatoms. The Balaban J connectivity index is 1.29. The van der Waals surface area contributed by atoms with Gasteiger partial charge in [0.25, 0.3) is 0 Å². The van der Waals surface area contributed by atoms with E-state index in [9.17, 15) is 9.59 Å². The van der Waals surface area contributed by atoms with Gasteiger partial charge in [-0.15, -0.1) is 0 Å². The van der Waals surface area contributed by atoms with Crippen LogP contribution in [0, 0.1) is 0 Å². The third-order valence-corrected chi connectivity index (χ3v) is 5.70. The molecule has 0 saturated heterocycles. The Morgan fingerprint density at radius 1 is 1.00 bits per heavy atom. The Morgan fingerprint density at radius 3 is 2.33 bits per heavy atom. The fourth-order valence-corrected chi connectivity index (χ4v) is 4.12. The number of methoxy groups -OCH3 is 1. The molecule has 4 rings (SSSR count). The van der Waals surface area contributed by atoms with Gasteiger partial charge in [0.05, 0.1) is 12.7 Å². The summed E-state index contributed by atoms with van der Waals surface area (Å²) in [7, 11) is 1.33. The molecule has 6 nitrogen and oxygen atoms in total. The van der Waals surface area contributed by atoms with E-state index in [1.54, 1.807) is 18.2 Å². The number of hydrogen-bond donors (Lipinski definition) is 2. The lowest BCUT2D eigenvalue weighted by molar-refractivity contribution is 0.0600. The highest BCUT2D eigenvalue weighted by atomic mass is 16.5. The van der Waals surface area contributed by atoms with E-state index in [4.69, 9.17) is 15.2 Å². The van der Waals surface area contributed by atoms with Crippen LogP contribution in [0.5, 0.6) is 0 Å². The number of anilines is 1. The summed E-state index contributed by atoms with van der Waals surface area (Å²) in [5.41, 5.74) is 12.1. The number of nitrogens with one attached hydrogen (secondary N) is 1. The van der Waals surface area contributed by atoms with E-state index < -0.39 is 12.1 Å². The number of carbonyl (C=O) groups is 2. The van der Waals surface area contributed by atoms with Crippen LogP contribution in [0.1, 0.15) is 39.4 Å². The van der Waals surface area contributed by atoms with Gasteiger partial charge < -0.3 is 20.5 Å². The zero-order valence-electron chi connectivity index (χ0n) is 18.4. The summed E-state index contributed by atoms with van der Waals surface area (Å²) < 4.78 is 10.3. The molecule has 3 aromatic carbocycles. The number of nitrogens with two attached hydrogens (primary N) is 1. The van der Waals surface area contributed by atoms with Crippen molar-refractivity contribution in [2.45, 2.75) is 12.3 Å². The maximum Gasteiger partial charge on any atom is 0.407 e. The fourth-order valence-electron chi connectivity index (χ4n) is 4.12. The van der Waals surface area contributed by atoms with Crippen molar-refractivity contribution < 1.29 is 19.1 Å². The van der Waals surface area contributed by atoms with Crippen LogP contribution in [-0.4, -0.2) is 32.3 Å². The molecular formula is C27H26N2O4. The van der Waals surface area contributed by atoms with Crippen LogP contribution in [0.25, 0.3) is 17.2 Å². The summed E-state index contributed by atoms with van der Waals surface area (Å²) in [6.45, 7) is 0.694. The number of ether oxygens (including phenoxy) is 2. The molecule has 0 fully saturated rings. The molecular weight excluding hydrogens is 416 g/mol. The van der Waals surface area contributed by atoms with Gasteiger partial charge in [-0.3, -0.25) is 0 Å². The van der Waals surface area contributed by atoms with E-state index in [2.05, 4.69) is 29.6 Å². The first-order chi connectivity index (χ1) is 16.1. The van der Waals surface area contributed by atoms with Gasteiger partial charge in [0.2, 0.25) is 0 Å². The average Bonchev–Trinajstić information content (AvgIpc) is 3.16. The lowest BCUT2D eigenvalue weighted by atomic mass is 9.98. The summed E-state index contributed by atoms with van der Waals surface area (Å²) in [6, 6.07) is 21.5. The smallest absolute Gasteiger partial charge is 0.407 e. The van der Waals surface area contributed by atoms with Crippen molar-refractivity contribution in [3.05, 3.63) is 95.1 Å². The van der Waals surface area contributed by atoms with Gasteiger partial charge in [-0.05, 0) is 46.4 Å². The van der Waals surface area contributed by atoms with Gasteiger partial charge in [-0.25, -0.2) is 9.59 Å². The van der Waals surface area contributed by atoms with Gasteiger partial charge in [-0.1, -0.05) is 66.7 Å². The van der Waals surface area contributed by atoms with Crippen LogP contribution in [0.15, 0.2) is 72.8 Å². The molecule has 33 heavy (non-hydrogen) atoms. The second-order valence-corrected chi connectivity index (χ2v) is 7.78. The number of rotatable bonds is 7. The van der Waals surface area contributed by atoms with Gasteiger partial charge in [-0.2, -0.15) is 0 Å². The summed E-state index contributed by atoms with van der Waals surface area (Å²) in [5.74, 6) is -0.413. The minimum atomic E-state index is -0.451. The lowest BCUT2D eigenvalue weighted by Gasteiger charge is -2.14. The van der Waals surface area contributed by atoms with E-state index in [1.807, 2.05) is 36.4 Å². The van der Waals surface area contributed by atoms with Crippen LogP contribution in [0.3, 0.4) is 0 Å². The standard InChI is InChI=1S/C27H26N2O4/c1-32-26(30)24-16-19(28)14-13-18(24)8-6-7-15-29-27(31)33-17-25-22-11-4-2-9-20(22)21-10-3-5-12-23(21)25/h2-6,8-14,16,25H,7,15,17,28H2,1H3,(H,29,31). The number of amides is 1. The molecule has 0 heterocycles. The molecule has 1 aliphatic carbocycles. The number of fused-ring (bicyclic) bond motifs is 3. The average molecular weight is 443 g/mol. The van der Waals surface area contributed by atoms with Crippen LogP contribution in [0.4, 0.5) is 10.5 Å². The Hall–Kier alpha value is -4.06. The SMILES string of the molecule is COC(=O)c1cc(N)ccc1C=CCCNC(=O)OCC1c2ccccc2-c2ccccc21. The van der Waals surface area contributed by atoms with Crippen molar-refractivity contribution in [3.8, 4) is 11.1 Å². The molecule has 168 valence electrons. The lowest BCUT2D eigenvalue weighted by Crippen LogP contribution is -2.26. The van der Waals surface area contributed by atoms with E-state index in [-0.39, 0.29) is 12.5 Å². The zero-order chi connectivity index (χ0) is 23.2. The monoisotopic (exact) mass is 442 g/mol. The Morgan fingerprint density at radius 2 is 1.67 bits per heavy atom. The largest absolute Gasteiger partial charge is 0.465 e. The Kier molecular flexibility index (Phi) is 6.74. The zero-order valence-corrected chi connectivity index (χ0v) is 18.4. The molecule has 3 N–H and O–H groups in total. The van der Waals surface area contributed by atoms with Crippen LogP contribution in [-0.2, 0) is 9.47 Å². The first-order valence-corrected chi connectivity index (χ1v) is 10.8. The summed E-state index contributed by atoms with van der Waals surface area (Å²) in [5, 5.41) is 2.77. The molecule has 1 amide bonds. The van der Waals surface area contributed by atoms with E-state index in [0.29, 0.717) is 29.8 Å². The molecule has 0 aromatic heterocycles. The first kappa shape index (κ1) is 22.1. The molecule has 3 aromatic rings.